The molecule has 0 aromatic heterocycles. The average molecular weight is 114 g/mol. The summed E-state index contributed by atoms with van der Waals surface area (Å²) in [7, 11) is 0. The molecule has 0 aliphatic heterocycles. The molecule has 1 atom stereocenters. The Bertz CT molecular complexity index is 68.9. The molecule has 0 bridgehead atoms. The molecule has 0 aromatic carbocycles. The maximum Gasteiger partial charge on any atom is 0.0965 e. The van der Waals surface area contributed by atoms with Crippen LogP contribution in [0.2, 0.25) is 0 Å². The van der Waals surface area contributed by atoms with Crippen LogP contribution in [0.5, 0.6) is 0 Å². The predicted molar refractivity (Wildman–Crippen MR) is 37.0 cm³/mol. The zero-order valence-electron chi connectivity index (χ0n) is 5.59. The van der Waals surface area contributed by atoms with Gasteiger partial charge in [0, 0.05) is 0 Å². The van der Waals surface area contributed by atoms with E-state index in [4.69, 9.17) is 5.73 Å². The summed E-state index contributed by atoms with van der Waals surface area (Å²) < 4.78 is 0. The van der Waals surface area contributed by atoms with Crippen molar-refractivity contribution in [2.24, 2.45) is 10.7 Å². The smallest absolute Gasteiger partial charge is 0.0965 e. The molecule has 0 aliphatic rings. The standard InChI is InChI=1S/C6H14N2/c1-3-5-6(7)8-4-2/h4,6H,3,5,7H2,1-2H3. The van der Waals surface area contributed by atoms with Crippen LogP contribution >= 0.6 is 0 Å². The van der Waals surface area contributed by atoms with Gasteiger partial charge in [0.15, 0.2) is 0 Å². The van der Waals surface area contributed by atoms with Gasteiger partial charge in [-0.1, -0.05) is 13.3 Å². The molecule has 0 spiro atoms. The normalized spacial score (nSPS) is 14.9. The van der Waals surface area contributed by atoms with Crippen LogP contribution in [0.3, 0.4) is 0 Å². The molecule has 0 saturated carbocycles. The number of hydrogen-bond donors (Lipinski definition) is 1. The highest BCUT2D eigenvalue weighted by Gasteiger charge is 1.91. The Labute approximate surface area is 50.8 Å². The summed E-state index contributed by atoms with van der Waals surface area (Å²) >= 11 is 0. The summed E-state index contributed by atoms with van der Waals surface area (Å²) in [5, 5.41) is 0. The number of aliphatic imine (C=N–C) groups is 1. The first-order valence-electron chi connectivity index (χ1n) is 3.04. The molecule has 0 rings (SSSR count). The molecule has 0 fully saturated rings. The minimum absolute atomic E-state index is 0.0324. The van der Waals surface area contributed by atoms with E-state index in [9.17, 15) is 0 Å². The van der Waals surface area contributed by atoms with Crippen molar-refractivity contribution in [3.05, 3.63) is 0 Å². The van der Waals surface area contributed by atoms with Crippen LogP contribution in [0.25, 0.3) is 0 Å². The lowest BCUT2D eigenvalue weighted by Crippen LogP contribution is -2.15. The molecule has 2 heteroatoms. The second-order valence-electron chi connectivity index (χ2n) is 1.76. The van der Waals surface area contributed by atoms with Gasteiger partial charge in [-0.25, -0.2) is 0 Å². The van der Waals surface area contributed by atoms with E-state index in [0.717, 1.165) is 12.8 Å². The van der Waals surface area contributed by atoms with Crippen LogP contribution in [0, 0.1) is 0 Å². The molecular formula is C6H14N2. The molecular weight excluding hydrogens is 100 g/mol. The Balaban J connectivity index is 3.17. The minimum Gasteiger partial charge on any atom is -0.310 e. The van der Waals surface area contributed by atoms with Crippen molar-refractivity contribution in [1.29, 1.82) is 0 Å². The van der Waals surface area contributed by atoms with E-state index >= 15 is 0 Å². The van der Waals surface area contributed by atoms with E-state index in [1.54, 1.807) is 6.21 Å². The van der Waals surface area contributed by atoms with E-state index in [1.807, 2.05) is 6.92 Å². The van der Waals surface area contributed by atoms with Gasteiger partial charge in [-0.15, -0.1) is 0 Å². The van der Waals surface area contributed by atoms with Gasteiger partial charge in [-0.05, 0) is 19.6 Å². The predicted octanol–water partition coefficient (Wildman–Crippen LogP) is 1.16. The monoisotopic (exact) mass is 114 g/mol. The number of rotatable bonds is 3. The third-order valence-corrected chi connectivity index (χ3v) is 0.925. The lowest BCUT2D eigenvalue weighted by Gasteiger charge is -2.00. The quantitative estimate of drug-likeness (QED) is 0.549. The van der Waals surface area contributed by atoms with Gasteiger partial charge >= 0.3 is 0 Å². The molecule has 2 N–H and O–H groups in total. The van der Waals surface area contributed by atoms with Crippen LogP contribution in [0.4, 0.5) is 0 Å². The topological polar surface area (TPSA) is 38.4 Å². The van der Waals surface area contributed by atoms with Crippen LogP contribution in [-0.2, 0) is 0 Å². The molecule has 48 valence electrons. The van der Waals surface area contributed by atoms with E-state index in [2.05, 4.69) is 11.9 Å². The number of nitrogens with two attached hydrogens (primary N) is 1. The third-order valence-electron chi connectivity index (χ3n) is 0.925. The third kappa shape index (κ3) is 3.81. The van der Waals surface area contributed by atoms with Gasteiger partial charge in [-0.2, -0.15) is 0 Å². The first kappa shape index (κ1) is 7.63. The summed E-state index contributed by atoms with van der Waals surface area (Å²) in [6.45, 7) is 3.99. The summed E-state index contributed by atoms with van der Waals surface area (Å²) in [5.74, 6) is 0. The van der Waals surface area contributed by atoms with Gasteiger partial charge in [-0.3, -0.25) is 4.99 Å². The van der Waals surface area contributed by atoms with Gasteiger partial charge < -0.3 is 5.73 Å². The second-order valence-corrected chi connectivity index (χ2v) is 1.76. The fourth-order valence-corrected chi connectivity index (χ4v) is 0.562. The highest BCUT2D eigenvalue weighted by Crippen LogP contribution is 1.91. The summed E-state index contributed by atoms with van der Waals surface area (Å²) in [6, 6.07) is 0. The highest BCUT2D eigenvalue weighted by atomic mass is 14.9. The van der Waals surface area contributed by atoms with E-state index < -0.39 is 0 Å². The summed E-state index contributed by atoms with van der Waals surface area (Å²) in [6.07, 6.45) is 3.88. The van der Waals surface area contributed by atoms with Crippen molar-refractivity contribution in [3.63, 3.8) is 0 Å². The lowest BCUT2D eigenvalue weighted by atomic mass is 10.3. The maximum atomic E-state index is 5.50. The van der Waals surface area contributed by atoms with E-state index in [0.29, 0.717) is 0 Å². The van der Waals surface area contributed by atoms with Gasteiger partial charge in [0.25, 0.3) is 0 Å². The van der Waals surface area contributed by atoms with Crippen molar-refractivity contribution >= 4 is 6.21 Å². The van der Waals surface area contributed by atoms with Crippen molar-refractivity contribution in [1.82, 2.24) is 0 Å². The van der Waals surface area contributed by atoms with Crippen molar-refractivity contribution in [2.75, 3.05) is 0 Å². The summed E-state index contributed by atoms with van der Waals surface area (Å²) in [5.41, 5.74) is 5.50. The van der Waals surface area contributed by atoms with Gasteiger partial charge in [0.2, 0.25) is 0 Å². The molecule has 8 heavy (non-hydrogen) atoms. The maximum absolute atomic E-state index is 5.50. The van der Waals surface area contributed by atoms with E-state index in [-0.39, 0.29) is 6.17 Å². The molecule has 0 heterocycles. The molecule has 0 amide bonds. The Kier molecular flexibility index (Phi) is 4.56. The first-order chi connectivity index (χ1) is 3.81. The molecule has 0 saturated heterocycles. The first-order valence-corrected chi connectivity index (χ1v) is 3.04. The van der Waals surface area contributed by atoms with Crippen molar-refractivity contribution in [2.45, 2.75) is 32.9 Å². The SMILES string of the molecule is CC=NC(N)CCC. The van der Waals surface area contributed by atoms with Crippen LogP contribution in [-0.4, -0.2) is 12.4 Å². The van der Waals surface area contributed by atoms with Crippen LogP contribution in [0.15, 0.2) is 4.99 Å². The number of hydrogen-bond acceptors (Lipinski definition) is 2. The fraction of sp³-hybridized carbons (Fsp3) is 0.833. The molecule has 0 radical (unpaired) electrons. The van der Waals surface area contributed by atoms with Gasteiger partial charge in [0.05, 0.1) is 6.17 Å². The van der Waals surface area contributed by atoms with Gasteiger partial charge in [0.1, 0.15) is 0 Å². The average Bonchev–Trinajstić information content (AvgIpc) is 1.68. The molecule has 1 unspecified atom stereocenters. The lowest BCUT2D eigenvalue weighted by molar-refractivity contribution is 0.631. The Morgan fingerprint density at radius 1 is 1.75 bits per heavy atom. The Morgan fingerprint density at radius 2 is 2.38 bits per heavy atom. The Morgan fingerprint density at radius 3 is 2.75 bits per heavy atom. The minimum atomic E-state index is 0.0324. The summed E-state index contributed by atoms with van der Waals surface area (Å²) in [4.78, 5) is 3.97. The second kappa shape index (κ2) is 4.78. The molecule has 2 nitrogen and oxygen atoms in total. The van der Waals surface area contributed by atoms with Crippen molar-refractivity contribution in [3.8, 4) is 0 Å². The molecule has 0 aliphatic carbocycles. The number of nitrogens with zero attached hydrogens (tertiary/aromatic N) is 1. The van der Waals surface area contributed by atoms with Crippen molar-refractivity contribution < 1.29 is 0 Å². The van der Waals surface area contributed by atoms with Crippen LogP contribution < -0.4 is 5.73 Å². The highest BCUT2D eigenvalue weighted by molar-refractivity contribution is 5.53. The zero-order chi connectivity index (χ0) is 6.41. The Hall–Kier alpha value is -0.370. The molecule has 0 aromatic rings. The van der Waals surface area contributed by atoms with E-state index in [1.165, 1.54) is 0 Å². The fourth-order valence-electron chi connectivity index (χ4n) is 0.562. The van der Waals surface area contributed by atoms with Crippen LogP contribution in [0.1, 0.15) is 26.7 Å². The largest absolute Gasteiger partial charge is 0.310 e. The zero-order valence-corrected chi connectivity index (χ0v) is 5.59.